The molecular formula is C16H22ClNO4S. The summed E-state index contributed by atoms with van der Waals surface area (Å²) in [5, 5.41) is -0.289. The fourth-order valence-electron chi connectivity index (χ4n) is 2.53. The zero-order chi connectivity index (χ0) is 17.3. The van der Waals surface area contributed by atoms with Crippen molar-refractivity contribution >= 4 is 27.5 Å². The highest BCUT2D eigenvalue weighted by Gasteiger charge is 2.34. The van der Waals surface area contributed by atoms with E-state index in [-0.39, 0.29) is 9.92 Å². The van der Waals surface area contributed by atoms with Gasteiger partial charge < -0.3 is 9.64 Å². The van der Waals surface area contributed by atoms with Crippen molar-refractivity contribution in [2.45, 2.75) is 49.4 Å². The average Bonchev–Trinajstić information content (AvgIpc) is 2.46. The number of sulfone groups is 1. The number of amides is 1. The molecule has 1 amide bonds. The Morgan fingerprint density at radius 1 is 1.22 bits per heavy atom. The zero-order valence-electron chi connectivity index (χ0n) is 13.6. The summed E-state index contributed by atoms with van der Waals surface area (Å²) >= 11 is 6.02. The van der Waals surface area contributed by atoms with Crippen LogP contribution in [-0.2, 0) is 14.6 Å². The van der Waals surface area contributed by atoms with E-state index in [2.05, 4.69) is 0 Å². The van der Waals surface area contributed by atoms with E-state index in [9.17, 15) is 13.2 Å². The number of ether oxygens (including phenoxy) is 1. The number of benzene rings is 1. The number of hydrogen-bond donors (Lipinski definition) is 0. The van der Waals surface area contributed by atoms with E-state index < -0.39 is 26.8 Å². The highest BCUT2D eigenvalue weighted by atomic mass is 35.5. The molecule has 1 aromatic rings. The molecule has 1 saturated heterocycles. The van der Waals surface area contributed by atoms with Gasteiger partial charge in [-0.15, -0.1) is 0 Å². The number of hydrogen-bond acceptors (Lipinski definition) is 4. The van der Waals surface area contributed by atoms with E-state index in [1.807, 2.05) is 0 Å². The Labute approximate surface area is 142 Å². The van der Waals surface area contributed by atoms with Crippen molar-refractivity contribution < 1.29 is 17.9 Å². The average molecular weight is 360 g/mol. The van der Waals surface area contributed by atoms with Crippen LogP contribution in [-0.4, -0.2) is 43.4 Å². The lowest BCUT2D eigenvalue weighted by molar-refractivity contribution is 0.0217. The molecule has 2 rings (SSSR count). The molecule has 5 nitrogen and oxygen atoms in total. The van der Waals surface area contributed by atoms with Gasteiger partial charge in [0.15, 0.2) is 9.84 Å². The van der Waals surface area contributed by atoms with Crippen molar-refractivity contribution in [1.82, 2.24) is 4.90 Å². The maximum Gasteiger partial charge on any atom is 0.410 e. The highest BCUT2D eigenvalue weighted by Crippen LogP contribution is 2.29. The molecule has 0 radical (unpaired) electrons. The third-order valence-corrected chi connectivity index (χ3v) is 6.44. The van der Waals surface area contributed by atoms with Crippen molar-refractivity contribution in [1.29, 1.82) is 0 Å². The Balaban J connectivity index is 2.04. The van der Waals surface area contributed by atoms with Gasteiger partial charge in [-0.05, 0) is 45.7 Å². The quantitative estimate of drug-likeness (QED) is 0.810. The first-order valence-electron chi connectivity index (χ1n) is 7.57. The second kappa shape index (κ2) is 6.69. The van der Waals surface area contributed by atoms with Crippen LogP contribution in [0.1, 0.15) is 33.6 Å². The van der Waals surface area contributed by atoms with Gasteiger partial charge in [-0.3, -0.25) is 0 Å². The van der Waals surface area contributed by atoms with Gasteiger partial charge >= 0.3 is 6.09 Å². The van der Waals surface area contributed by atoms with Crippen molar-refractivity contribution in [2.75, 3.05) is 13.1 Å². The van der Waals surface area contributed by atoms with Gasteiger partial charge in [-0.2, -0.15) is 0 Å². The van der Waals surface area contributed by atoms with E-state index in [1.54, 1.807) is 43.9 Å². The third kappa shape index (κ3) is 4.38. The smallest absolute Gasteiger partial charge is 0.410 e. The molecular weight excluding hydrogens is 338 g/mol. The Kier molecular flexibility index (Phi) is 5.26. The van der Waals surface area contributed by atoms with Gasteiger partial charge in [0.1, 0.15) is 5.60 Å². The number of nitrogens with zero attached hydrogens (tertiary/aromatic N) is 1. The third-order valence-electron chi connectivity index (χ3n) is 3.68. The second-order valence-electron chi connectivity index (χ2n) is 6.64. The molecule has 128 valence electrons. The molecule has 23 heavy (non-hydrogen) atoms. The fourth-order valence-corrected chi connectivity index (χ4v) is 4.79. The summed E-state index contributed by atoms with van der Waals surface area (Å²) in [6.07, 6.45) is 0.366. The first kappa shape index (κ1) is 18.1. The summed E-state index contributed by atoms with van der Waals surface area (Å²) in [5.74, 6) is 0. The molecule has 1 aromatic carbocycles. The summed E-state index contributed by atoms with van der Waals surface area (Å²) in [4.78, 5) is 13.8. The second-order valence-corrected chi connectivity index (χ2v) is 9.25. The lowest BCUT2D eigenvalue weighted by Gasteiger charge is -2.33. The molecule has 7 heteroatoms. The first-order chi connectivity index (χ1) is 10.6. The monoisotopic (exact) mass is 359 g/mol. The number of carbonyl (C=O) groups is 1. The van der Waals surface area contributed by atoms with Gasteiger partial charge in [0.2, 0.25) is 0 Å². The molecule has 0 N–H and O–H groups in total. The molecule has 1 fully saturated rings. The van der Waals surface area contributed by atoms with Crippen LogP contribution < -0.4 is 0 Å². The van der Waals surface area contributed by atoms with Gasteiger partial charge in [0, 0.05) is 13.1 Å². The van der Waals surface area contributed by atoms with E-state index >= 15 is 0 Å². The minimum atomic E-state index is -3.49. The Hall–Kier alpha value is -1.27. The van der Waals surface area contributed by atoms with Crippen LogP contribution in [0.5, 0.6) is 0 Å². The van der Waals surface area contributed by atoms with Crippen LogP contribution in [0.25, 0.3) is 0 Å². The molecule has 0 aromatic heterocycles. The summed E-state index contributed by atoms with van der Waals surface area (Å²) in [7, 11) is -3.49. The van der Waals surface area contributed by atoms with Gasteiger partial charge in [-0.1, -0.05) is 23.7 Å². The summed E-state index contributed by atoms with van der Waals surface area (Å²) in [6.45, 7) is 6.14. The number of halogens is 1. The van der Waals surface area contributed by atoms with Crippen LogP contribution in [0.3, 0.4) is 0 Å². The zero-order valence-corrected chi connectivity index (χ0v) is 15.2. The van der Waals surface area contributed by atoms with Gasteiger partial charge in [0.25, 0.3) is 0 Å². The van der Waals surface area contributed by atoms with Crippen LogP contribution in [0.15, 0.2) is 29.2 Å². The normalized spacial score (nSPS) is 17.1. The van der Waals surface area contributed by atoms with Gasteiger partial charge in [0.05, 0.1) is 15.2 Å². The molecule has 1 aliphatic heterocycles. The van der Waals surface area contributed by atoms with Crippen molar-refractivity contribution in [3.05, 3.63) is 29.3 Å². The van der Waals surface area contributed by atoms with Crippen LogP contribution in [0, 0.1) is 0 Å². The highest BCUT2D eigenvalue weighted by molar-refractivity contribution is 7.92. The lowest BCUT2D eigenvalue weighted by Crippen LogP contribution is -2.44. The molecule has 0 spiro atoms. The largest absolute Gasteiger partial charge is 0.444 e. The lowest BCUT2D eigenvalue weighted by atomic mass is 10.1. The summed E-state index contributed by atoms with van der Waals surface area (Å²) in [6, 6.07) is 6.46. The SMILES string of the molecule is CC(C)(C)OC(=O)N1CCC(S(=O)(=O)c2ccccc2Cl)CC1. The number of likely N-dealkylation sites (tertiary alicyclic amines) is 1. The Morgan fingerprint density at radius 3 is 2.30 bits per heavy atom. The van der Waals surface area contributed by atoms with Crippen molar-refractivity contribution in [2.24, 2.45) is 0 Å². The van der Waals surface area contributed by atoms with E-state index in [0.29, 0.717) is 25.9 Å². The Bertz CT molecular complexity index is 674. The van der Waals surface area contributed by atoms with Crippen LogP contribution >= 0.6 is 11.6 Å². The molecule has 1 aliphatic rings. The number of carbonyl (C=O) groups excluding carboxylic acids is 1. The van der Waals surface area contributed by atoms with E-state index in [4.69, 9.17) is 16.3 Å². The van der Waals surface area contributed by atoms with E-state index in [0.717, 1.165) is 0 Å². The Morgan fingerprint density at radius 2 is 1.78 bits per heavy atom. The maximum atomic E-state index is 12.7. The predicted octanol–water partition coefficient (Wildman–Crippen LogP) is 3.51. The molecule has 0 bridgehead atoms. The molecule has 1 heterocycles. The maximum absolute atomic E-state index is 12.7. The molecule has 0 atom stereocenters. The predicted molar refractivity (Wildman–Crippen MR) is 89.5 cm³/mol. The van der Waals surface area contributed by atoms with Crippen LogP contribution in [0.4, 0.5) is 4.79 Å². The summed E-state index contributed by atoms with van der Waals surface area (Å²) in [5.41, 5.74) is -0.558. The standard InChI is InChI=1S/C16H22ClNO4S/c1-16(2,3)22-15(19)18-10-8-12(9-11-18)23(20,21)14-7-5-4-6-13(14)17/h4-7,12H,8-11H2,1-3H3. The van der Waals surface area contributed by atoms with Crippen molar-refractivity contribution in [3.8, 4) is 0 Å². The van der Waals surface area contributed by atoms with E-state index in [1.165, 1.54) is 6.07 Å². The van der Waals surface area contributed by atoms with Gasteiger partial charge in [-0.25, -0.2) is 13.2 Å². The number of piperidine rings is 1. The number of rotatable bonds is 2. The summed E-state index contributed by atoms with van der Waals surface area (Å²) < 4.78 is 30.7. The first-order valence-corrected chi connectivity index (χ1v) is 9.50. The molecule has 0 aliphatic carbocycles. The van der Waals surface area contributed by atoms with Crippen LogP contribution in [0.2, 0.25) is 5.02 Å². The minimum Gasteiger partial charge on any atom is -0.444 e. The minimum absolute atomic E-state index is 0.164. The molecule has 0 unspecified atom stereocenters. The fraction of sp³-hybridized carbons (Fsp3) is 0.562. The van der Waals surface area contributed by atoms with Crippen molar-refractivity contribution in [3.63, 3.8) is 0 Å². The molecule has 0 saturated carbocycles. The topological polar surface area (TPSA) is 63.7 Å².